The summed E-state index contributed by atoms with van der Waals surface area (Å²) in [5, 5.41) is 0. The van der Waals surface area contributed by atoms with Gasteiger partial charge in [-0.05, 0) is 30.7 Å². The Morgan fingerprint density at radius 1 is 1.29 bits per heavy atom. The summed E-state index contributed by atoms with van der Waals surface area (Å²) in [7, 11) is 0. The zero-order valence-corrected chi connectivity index (χ0v) is 17.0. The van der Waals surface area contributed by atoms with Crippen LogP contribution in [0.1, 0.15) is 25.5 Å². The summed E-state index contributed by atoms with van der Waals surface area (Å²) < 4.78 is 25.3. The average molecular weight is 430 g/mol. The molecule has 0 saturated carbocycles. The molecule has 0 saturated heterocycles. The van der Waals surface area contributed by atoms with E-state index < -0.39 is 29.6 Å². The Morgan fingerprint density at radius 2 is 2.10 bits per heavy atom. The Kier molecular flexibility index (Phi) is 6.91. The topological polar surface area (TPSA) is 124 Å². The first-order valence-electron chi connectivity index (χ1n) is 9.74. The largest absolute Gasteiger partial charge is 0.484 e. The van der Waals surface area contributed by atoms with Crippen molar-refractivity contribution in [1.29, 1.82) is 0 Å². The number of carbonyl (C=O) groups is 1. The monoisotopic (exact) mass is 430 g/mol. The second-order valence-electron chi connectivity index (χ2n) is 6.80. The highest BCUT2D eigenvalue weighted by molar-refractivity contribution is 5.96. The standard InChI is InChI=1S/C21H23FN4O5/c1-2-3-9-25-19(23)18(20(28)24-21(25)29)26(12-16-8-5-10-30-16)17(27)13-31-15-7-4-6-14(22)11-15/h4-8,10-11H,2-3,9,12-13,23H2,1H3,(H,24,28,29). The van der Waals surface area contributed by atoms with E-state index >= 15 is 0 Å². The number of hydrogen-bond donors (Lipinski definition) is 2. The fourth-order valence-electron chi connectivity index (χ4n) is 3.01. The zero-order chi connectivity index (χ0) is 22.4. The average Bonchev–Trinajstić information content (AvgIpc) is 3.24. The van der Waals surface area contributed by atoms with E-state index in [0.717, 1.165) is 17.4 Å². The van der Waals surface area contributed by atoms with Crippen molar-refractivity contribution in [1.82, 2.24) is 9.55 Å². The minimum atomic E-state index is -0.805. The van der Waals surface area contributed by atoms with Crippen LogP contribution in [0.25, 0.3) is 0 Å². The zero-order valence-electron chi connectivity index (χ0n) is 17.0. The van der Waals surface area contributed by atoms with Crippen molar-refractivity contribution in [2.75, 3.05) is 17.2 Å². The fourth-order valence-corrected chi connectivity index (χ4v) is 3.01. The van der Waals surface area contributed by atoms with Gasteiger partial charge in [-0.1, -0.05) is 19.4 Å². The van der Waals surface area contributed by atoms with Crippen LogP contribution < -0.4 is 26.6 Å². The van der Waals surface area contributed by atoms with Gasteiger partial charge in [0, 0.05) is 12.6 Å². The first kappa shape index (κ1) is 21.9. The summed E-state index contributed by atoms with van der Waals surface area (Å²) in [6.45, 7) is 1.63. The van der Waals surface area contributed by atoms with Crippen molar-refractivity contribution in [3.63, 3.8) is 0 Å². The molecule has 0 radical (unpaired) electrons. The van der Waals surface area contributed by atoms with Crippen molar-refractivity contribution >= 4 is 17.4 Å². The number of rotatable bonds is 9. The molecule has 0 unspecified atom stereocenters. The van der Waals surface area contributed by atoms with Gasteiger partial charge in [0.15, 0.2) is 12.3 Å². The summed E-state index contributed by atoms with van der Waals surface area (Å²) >= 11 is 0. The molecule has 0 bridgehead atoms. The van der Waals surface area contributed by atoms with Crippen molar-refractivity contribution in [2.45, 2.75) is 32.9 Å². The van der Waals surface area contributed by atoms with E-state index in [2.05, 4.69) is 4.98 Å². The maximum Gasteiger partial charge on any atom is 0.330 e. The van der Waals surface area contributed by atoms with Gasteiger partial charge in [-0.2, -0.15) is 0 Å². The van der Waals surface area contributed by atoms with Gasteiger partial charge in [-0.15, -0.1) is 0 Å². The summed E-state index contributed by atoms with van der Waals surface area (Å²) in [5.41, 5.74) is 4.51. The molecule has 0 spiro atoms. The number of H-pyrrole nitrogens is 1. The van der Waals surface area contributed by atoms with Crippen LogP contribution in [-0.4, -0.2) is 22.1 Å². The molecule has 3 rings (SSSR count). The lowest BCUT2D eigenvalue weighted by molar-refractivity contribution is -0.120. The molecule has 10 heteroatoms. The molecule has 0 atom stereocenters. The smallest absolute Gasteiger partial charge is 0.330 e. The van der Waals surface area contributed by atoms with Gasteiger partial charge < -0.3 is 14.9 Å². The second kappa shape index (κ2) is 9.79. The minimum Gasteiger partial charge on any atom is -0.484 e. The number of hydrogen-bond acceptors (Lipinski definition) is 6. The summed E-state index contributed by atoms with van der Waals surface area (Å²) in [6.07, 6.45) is 2.89. The number of aromatic nitrogens is 2. The number of halogens is 1. The number of benzene rings is 1. The molecule has 0 aliphatic rings. The normalized spacial score (nSPS) is 10.8. The van der Waals surface area contributed by atoms with Crippen LogP contribution in [0.15, 0.2) is 56.7 Å². The van der Waals surface area contributed by atoms with Gasteiger partial charge >= 0.3 is 5.69 Å². The van der Waals surface area contributed by atoms with E-state index in [1.807, 2.05) is 6.92 Å². The Balaban J connectivity index is 1.96. The molecule has 3 N–H and O–H groups in total. The third-order valence-electron chi connectivity index (χ3n) is 4.57. The highest BCUT2D eigenvalue weighted by Crippen LogP contribution is 2.21. The van der Waals surface area contributed by atoms with Crippen LogP contribution in [-0.2, 0) is 17.9 Å². The van der Waals surface area contributed by atoms with Gasteiger partial charge in [0.05, 0.1) is 12.8 Å². The molecular weight excluding hydrogens is 407 g/mol. The van der Waals surface area contributed by atoms with E-state index in [0.29, 0.717) is 12.2 Å². The van der Waals surface area contributed by atoms with E-state index in [1.165, 1.54) is 29.0 Å². The van der Waals surface area contributed by atoms with Crippen molar-refractivity contribution < 1.29 is 18.3 Å². The molecule has 1 aromatic carbocycles. The van der Waals surface area contributed by atoms with E-state index in [-0.39, 0.29) is 30.3 Å². The molecule has 2 heterocycles. The lowest BCUT2D eigenvalue weighted by atomic mass is 10.3. The van der Waals surface area contributed by atoms with Crippen LogP contribution in [0.3, 0.4) is 0 Å². The maximum absolute atomic E-state index is 13.4. The number of nitrogens with one attached hydrogen (secondary N) is 1. The summed E-state index contributed by atoms with van der Waals surface area (Å²) in [5.74, 6) is -0.724. The number of furan rings is 1. The third kappa shape index (κ3) is 5.21. The van der Waals surface area contributed by atoms with Crippen LogP contribution in [0.5, 0.6) is 5.75 Å². The number of carbonyl (C=O) groups excluding carboxylic acids is 1. The Labute approximate surface area is 176 Å². The molecule has 0 fully saturated rings. The Bertz CT molecular complexity index is 1150. The van der Waals surface area contributed by atoms with Gasteiger partial charge in [0.25, 0.3) is 11.5 Å². The van der Waals surface area contributed by atoms with Gasteiger partial charge in [0.1, 0.15) is 23.1 Å². The number of anilines is 2. The minimum absolute atomic E-state index is 0.113. The van der Waals surface area contributed by atoms with E-state index in [9.17, 15) is 18.8 Å². The molecule has 3 aromatic rings. The molecule has 0 aliphatic heterocycles. The predicted octanol–water partition coefficient (Wildman–Crippen LogP) is 2.26. The second-order valence-corrected chi connectivity index (χ2v) is 6.80. The van der Waals surface area contributed by atoms with Crippen LogP contribution in [0.4, 0.5) is 15.9 Å². The predicted molar refractivity (Wildman–Crippen MR) is 112 cm³/mol. The molecule has 0 aliphatic carbocycles. The van der Waals surface area contributed by atoms with Crippen LogP contribution in [0, 0.1) is 5.82 Å². The number of ether oxygens (including phenoxy) is 1. The molecule has 9 nitrogen and oxygen atoms in total. The fraction of sp³-hybridized carbons (Fsp3) is 0.286. The third-order valence-corrected chi connectivity index (χ3v) is 4.57. The molecule has 164 valence electrons. The van der Waals surface area contributed by atoms with Crippen LogP contribution in [0.2, 0.25) is 0 Å². The Hall–Kier alpha value is -3.82. The van der Waals surface area contributed by atoms with Gasteiger partial charge in [-0.25, -0.2) is 9.18 Å². The lowest BCUT2D eigenvalue weighted by Gasteiger charge is -2.23. The lowest BCUT2D eigenvalue weighted by Crippen LogP contribution is -2.42. The summed E-state index contributed by atoms with van der Waals surface area (Å²) in [4.78, 5) is 41.1. The highest BCUT2D eigenvalue weighted by atomic mass is 19.1. The molecular formula is C21H23FN4O5. The number of nitrogens with zero attached hydrogens (tertiary/aromatic N) is 2. The number of nitrogens with two attached hydrogens (primary N) is 1. The van der Waals surface area contributed by atoms with Crippen LogP contribution >= 0.6 is 0 Å². The number of aromatic amines is 1. The number of amides is 1. The van der Waals surface area contributed by atoms with Gasteiger partial charge in [-0.3, -0.25) is 24.0 Å². The maximum atomic E-state index is 13.4. The number of nitrogen functional groups attached to an aromatic ring is 1. The first-order chi connectivity index (χ1) is 14.9. The molecule has 2 aromatic heterocycles. The SMILES string of the molecule is CCCCn1c(N)c(N(Cc2ccco2)C(=O)COc2cccc(F)c2)c(=O)[nH]c1=O. The van der Waals surface area contributed by atoms with Crippen molar-refractivity contribution in [3.8, 4) is 5.75 Å². The van der Waals surface area contributed by atoms with Crippen molar-refractivity contribution in [2.24, 2.45) is 0 Å². The molecule has 31 heavy (non-hydrogen) atoms. The number of unbranched alkanes of at least 4 members (excludes halogenated alkanes) is 1. The molecule has 1 amide bonds. The summed E-state index contributed by atoms with van der Waals surface area (Å²) in [6, 6.07) is 8.59. The first-order valence-corrected chi connectivity index (χ1v) is 9.74. The van der Waals surface area contributed by atoms with E-state index in [1.54, 1.807) is 12.1 Å². The van der Waals surface area contributed by atoms with E-state index in [4.69, 9.17) is 14.9 Å². The quantitative estimate of drug-likeness (QED) is 0.537. The van der Waals surface area contributed by atoms with Gasteiger partial charge in [0.2, 0.25) is 0 Å². The van der Waals surface area contributed by atoms with Crippen molar-refractivity contribution in [3.05, 3.63) is 75.1 Å². The highest BCUT2D eigenvalue weighted by Gasteiger charge is 2.25. The Morgan fingerprint density at radius 3 is 2.77 bits per heavy atom.